The highest BCUT2D eigenvalue weighted by Gasteiger charge is 2.16. The number of ether oxygens (including phenoxy) is 3. The molecule has 6 nitrogen and oxygen atoms in total. The Labute approximate surface area is 227 Å². The number of rotatable bonds is 10. The molecule has 0 heterocycles. The lowest BCUT2D eigenvalue weighted by atomic mass is 10.0. The fraction of sp³-hybridized carbons (Fsp3) is 0.125. The summed E-state index contributed by atoms with van der Waals surface area (Å²) in [6.07, 6.45) is 2.40. The fourth-order valence-electron chi connectivity index (χ4n) is 3.17. The normalized spacial score (nSPS) is 11.5. The van der Waals surface area contributed by atoms with Gasteiger partial charge in [0.2, 0.25) is 6.29 Å². The van der Waals surface area contributed by atoms with Crippen LogP contribution >= 0.6 is 0 Å². The Kier molecular flexibility index (Phi) is 9.36. The van der Waals surface area contributed by atoms with Gasteiger partial charge in [0.15, 0.2) is 11.6 Å². The lowest BCUT2D eigenvalue weighted by Gasteiger charge is -2.17. The van der Waals surface area contributed by atoms with Crippen LogP contribution in [0.15, 0.2) is 97.1 Å². The van der Waals surface area contributed by atoms with Gasteiger partial charge in [0, 0.05) is 16.7 Å². The Morgan fingerprint density at radius 3 is 1.97 bits per heavy atom. The van der Waals surface area contributed by atoms with E-state index in [2.05, 4.69) is 19.7 Å². The molecule has 7 heteroatoms. The minimum atomic E-state index is -1.28. The summed E-state index contributed by atoms with van der Waals surface area (Å²) in [6, 6.07) is 16.3. The van der Waals surface area contributed by atoms with Gasteiger partial charge in [-0.15, -0.1) is 0 Å². The van der Waals surface area contributed by atoms with E-state index in [0.717, 1.165) is 11.1 Å². The summed E-state index contributed by atoms with van der Waals surface area (Å²) in [5, 5.41) is 10.3. The van der Waals surface area contributed by atoms with E-state index in [0.29, 0.717) is 33.8 Å². The van der Waals surface area contributed by atoms with E-state index in [1.807, 2.05) is 18.2 Å². The predicted molar refractivity (Wildman–Crippen MR) is 150 cm³/mol. The van der Waals surface area contributed by atoms with Gasteiger partial charge in [-0.3, -0.25) is 0 Å². The molecule has 0 saturated heterocycles. The summed E-state index contributed by atoms with van der Waals surface area (Å²) in [7, 11) is 0. The van der Waals surface area contributed by atoms with Crippen LogP contribution in [0.4, 0.5) is 4.39 Å². The van der Waals surface area contributed by atoms with Crippen molar-refractivity contribution in [2.24, 2.45) is 0 Å². The summed E-state index contributed by atoms with van der Waals surface area (Å²) >= 11 is 0. The van der Waals surface area contributed by atoms with Crippen LogP contribution in [-0.4, -0.2) is 23.3 Å². The highest BCUT2D eigenvalue weighted by molar-refractivity contribution is 5.89. The van der Waals surface area contributed by atoms with Gasteiger partial charge >= 0.3 is 11.9 Å². The van der Waals surface area contributed by atoms with Crippen molar-refractivity contribution in [3.63, 3.8) is 0 Å². The van der Waals surface area contributed by atoms with Gasteiger partial charge in [0.25, 0.3) is 0 Å². The molecule has 1 atom stereocenters. The van der Waals surface area contributed by atoms with E-state index in [1.54, 1.807) is 56.3 Å². The number of esters is 2. The maximum absolute atomic E-state index is 14.8. The maximum atomic E-state index is 14.8. The highest BCUT2D eigenvalue weighted by Crippen LogP contribution is 2.35. The SMILES string of the molecule is C=C(C)C(=O)Oc1ccc(/C=C/c2ccc(-c3ccc(OC(=O)C(=C)C)c(F)c3)c(OC(O)C(=C)C)c2)cc1. The average molecular weight is 529 g/mol. The van der Waals surface area contributed by atoms with E-state index >= 15 is 0 Å². The molecule has 39 heavy (non-hydrogen) atoms. The van der Waals surface area contributed by atoms with E-state index < -0.39 is 24.0 Å². The van der Waals surface area contributed by atoms with Crippen LogP contribution in [0, 0.1) is 5.82 Å². The summed E-state index contributed by atoms with van der Waals surface area (Å²) in [5.41, 5.74) is 3.39. The Hall–Kier alpha value is -4.75. The average Bonchev–Trinajstić information content (AvgIpc) is 2.89. The molecular weight excluding hydrogens is 499 g/mol. The van der Waals surface area contributed by atoms with Gasteiger partial charge in [-0.1, -0.05) is 62.2 Å². The van der Waals surface area contributed by atoms with Crippen LogP contribution in [-0.2, 0) is 9.59 Å². The van der Waals surface area contributed by atoms with Gasteiger partial charge in [-0.2, -0.15) is 0 Å². The number of aliphatic hydroxyl groups excluding tert-OH is 1. The molecule has 0 aliphatic carbocycles. The minimum absolute atomic E-state index is 0.147. The number of carbonyl (C=O) groups excluding carboxylic acids is 2. The van der Waals surface area contributed by atoms with Crippen molar-refractivity contribution in [2.45, 2.75) is 27.1 Å². The molecule has 0 aliphatic rings. The molecule has 0 amide bonds. The first kappa shape index (κ1) is 28.8. The van der Waals surface area contributed by atoms with E-state index in [4.69, 9.17) is 14.2 Å². The molecule has 0 aliphatic heterocycles. The van der Waals surface area contributed by atoms with Gasteiger partial charge in [0.05, 0.1) is 0 Å². The lowest BCUT2D eigenvalue weighted by molar-refractivity contribution is -0.131. The third kappa shape index (κ3) is 7.87. The second kappa shape index (κ2) is 12.7. The molecule has 3 aromatic rings. The van der Waals surface area contributed by atoms with Crippen LogP contribution in [0.1, 0.15) is 31.9 Å². The molecule has 0 aromatic heterocycles. The van der Waals surface area contributed by atoms with Crippen molar-refractivity contribution < 1.29 is 33.3 Å². The van der Waals surface area contributed by atoms with Crippen LogP contribution < -0.4 is 14.2 Å². The Morgan fingerprint density at radius 2 is 1.38 bits per heavy atom. The first-order valence-electron chi connectivity index (χ1n) is 11.9. The monoisotopic (exact) mass is 528 g/mol. The Bertz CT molecular complexity index is 1470. The summed E-state index contributed by atoms with van der Waals surface area (Å²) in [4.78, 5) is 23.4. The van der Waals surface area contributed by atoms with Crippen LogP contribution in [0.2, 0.25) is 0 Å². The summed E-state index contributed by atoms with van der Waals surface area (Å²) < 4.78 is 30.7. The number of hydrogen-bond acceptors (Lipinski definition) is 6. The highest BCUT2D eigenvalue weighted by atomic mass is 19.1. The zero-order valence-corrected chi connectivity index (χ0v) is 22.0. The first-order valence-corrected chi connectivity index (χ1v) is 11.9. The molecule has 0 fully saturated rings. The second-order valence-electron chi connectivity index (χ2n) is 8.96. The number of carbonyl (C=O) groups is 2. The van der Waals surface area contributed by atoms with E-state index in [-0.39, 0.29) is 11.3 Å². The van der Waals surface area contributed by atoms with Crippen LogP contribution in [0.3, 0.4) is 0 Å². The molecule has 1 N–H and O–H groups in total. The standard InChI is InChI=1S/C32H29FO6/c1-19(2)30(34)37-25-13-9-22(10-14-25)7-8-23-11-15-26(29(17-23)39-32(36)21(5)6)24-12-16-28(27(33)18-24)38-31(35)20(3)4/h7-18,32,36H,1,3,5H2,2,4,6H3/b8-7+. The Balaban J connectivity index is 1.89. The minimum Gasteiger partial charge on any atom is -0.461 e. The zero-order valence-electron chi connectivity index (χ0n) is 22.0. The van der Waals surface area contributed by atoms with E-state index in [9.17, 15) is 19.1 Å². The molecule has 1 unspecified atom stereocenters. The number of hydrogen-bond donors (Lipinski definition) is 1. The lowest BCUT2D eigenvalue weighted by Crippen LogP contribution is -2.16. The fourth-order valence-corrected chi connectivity index (χ4v) is 3.17. The second-order valence-corrected chi connectivity index (χ2v) is 8.96. The molecule has 0 radical (unpaired) electrons. The summed E-state index contributed by atoms with van der Waals surface area (Å²) in [5.74, 6) is -1.49. The first-order chi connectivity index (χ1) is 18.4. The van der Waals surface area contributed by atoms with Gasteiger partial charge in [-0.05, 0) is 73.4 Å². The third-order valence-corrected chi connectivity index (χ3v) is 5.37. The summed E-state index contributed by atoms with van der Waals surface area (Å²) in [6.45, 7) is 15.4. The molecule has 0 saturated carbocycles. The van der Waals surface area contributed by atoms with Crippen molar-refractivity contribution in [3.05, 3.63) is 114 Å². The third-order valence-electron chi connectivity index (χ3n) is 5.37. The van der Waals surface area contributed by atoms with Crippen molar-refractivity contribution in [3.8, 4) is 28.4 Å². The van der Waals surface area contributed by atoms with Gasteiger partial charge in [0.1, 0.15) is 11.5 Å². The number of aliphatic hydroxyl groups is 1. The number of halogens is 1. The maximum Gasteiger partial charge on any atom is 0.338 e. The van der Waals surface area contributed by atoms with Crippen LogP contribution in [0.5, 0.6) is 17.2 Å². The van der Waals surface area contributed by atoms with Crippen LogP contribution in [0.25, 0.3) is 23.3 Å². The zero-order chi connectivity index (χ0) is 28.7. The number of benzene rings is 3. The molecular formula is C32H29FO6. The van der Waals surface area contributed by atoms with E-state index in [1.165, 1.54) is 19.1 Å². The predicted octanol–water partition coefficient (Wildman–Crippen LogP) is 6.90. The largest absolute Gasteiger partial charge is 0.461 e. The molecule has 200 valence electrons. The quantitative estimate of drug-likeness (QED) is 0.0770. The molecule has 0 spiro atoms. The van der Waals surface area contributed by atoms with Crippen molar-refractivity contribution in [1.82, 2.24) is 0 Å². The molecule has 3 aromatic carbocycles. The van der Waals surface area contributed by atoms with Gasteiger partial charge < -0.3 is 19.3 Å². The van der Waals surface area contributed by atoms with Gasteiger partial charge in [-0.25, -0.2) is 14.0 Å². The van der Waals surface area contributed by atoms with Crippen molar-refractivity contribution in [1.29, 1.82) is 0 Å². The van der Waals surface area contributed by atoms with Crippen molar-refractivity contribution >= 4 is 24.1 Å². The molecule has 3 rings (SSSR count). The Morgan fingerprint density at radius 1 is 0.795 bits per heavy atom. The van der Waals surface area contributed by atoms with Crippen molar-refractivity contribution in [2.75, 3.05) is 0 Å². The molecule has 0 bridgehead atoms. The smallest absolute Gasteiger partial charge is 0.338 e. The topological polar surface area (TPSA) is 82.1 Å².